The second-order valence-electron chi connectivity index (χ2n) is 4.68. The molecule has 0 radical (unpaired) electrons. The normalized spacial score (nSPS) is 12.6. The number of nitrogens with zero attached hydrogens (tertiary/aromatic N) is 2. The minimum atomic E-state index is -0.347. The van der Waals surface area contributed by atoms with Gasteiger partial charge in [-0.25, -0.2) is 4.39 Å². The summed E-state index contributed by atoms with van der Waals surface area (Å²) in [5, 5.41) is 17.1. The van der Waals surface area contributed by atoms with E-state index in [0.717, 1.165) is 11.3 Å². The number of phenolic OH excluding ortho intramolecular Hbond substituents is 1. The fourth-order valence-electron chi connectivity index (χ4n) is 2.01. The van der Waals surface area contributed by atoms with Crippen LogP contribution in [0.2, 0.25) is 0 Å². The number of aromatic hydroxyl groups is 1. The molecule has 2 aromatic rings. The van der Waals surface area contributed by atoms with E-state index in [9.17, 15) is 9.50 Å². The fourth-order valence-corrected chi connectivity index (χ4v) is 2.01. The summed E-state index contributed by atoms with van der Waals surface area (Å²) in [6.07, 6.45) is 1.82. The lowest BCUT2D eigenvalue weighted by Crippen LogP contribution is -2.18. The second kappa shape index (κ2) is 5.40. The highest BCUT2D eigenvalue weighted by atomic mass is 19.1. The van der Waals surface area contributed by atoms with Crippen molar-refractivity contribution in [1.82, 2.24) is 15.1 Å². The molecule has 0 aliphatic heterocycles. The maximum atomic E-state index is 13.1. The Kier molecular flexibility index (Phi) is 3.85. The highest BCUT2D eigenvalue weighted by Crippen LogP contribution is 2.20. The molecule has 2 N–H and O–H groups in total. The van der Waals surface area contributed by atoms with E-state index in [4.69, 9.17) is 0 Å². The van der Waals surface area contributed by atoms with Crippen LogP contribution in [0.15, 0.2) is 24.4 Å². The third-order valence-corrected chi connectivity index (χ3v) is 3.38. The molecule has 102 valence electrons. The zero-order valence-electron chi connectivity index (χ0n) is 11.3. The van der Waals surface area contributed by atoms with Crippen LogP contribution in [-0.2, 0) is 13.6 Å². The molecule has 19 heavy (non-hydrogen) atoms. The van der Waals surface area contributed by atoms with Crippen molar-refractivity contribution in [1.29, 1.82) is 0 Å². The van der Waals surface area contributed by atoms with Crippen LogP contribution >= 0.6 is 0 Å². The largest absolute Gasteiger partial charge is 0.508 e. The summed E-state index contributed by atoms with van der Waals surface area (Å²) < 4.78 is 14.9. The number of aromatic nitrogens is 2. The minimum Gasteiger partial charge on any atom is -0.508 e. The molecule has 2 rings (SSSR count). The van der Waals surface area contributed by atoms with E-state index in [1.165, 1.54) is 18.2 Å². The van der Waals surface area contributed by atoms with Crippen LogP contribution in [-0.4, -0.2) is 14.9 Å². The minimum absolute atomic E-state index is 0.0800. The number of benzene rings is 1. The van der Waals surface area contributed by atoms with Gasteiger partial charge in [0.15, 0.2) is 0 Å². The maximum absolute atomic E-state index is 13.1. The first-order valence-electron chi connectivity index (χ1n) is 6.18. The van der Waals surface area contributed by atoms with Crippen LogP contribution in [0.4, 0.5) is 4.39 Å². The zero-order chi connectivity index (χ0) is 14.0. The van der Waals surface area contributed by atoms with Gasteiger partial charge in [0.2, 0.25) is 0 Å². The predicted molar refractivity (Wildman–Crippen MR) is 71.3 cm³/mol. The summed E-state index contributed by atoms with van der Waals surface area (Å²) in [7, 11) is 1.89. The van der Waals surface area contributed by atoms with Gasteiger partial charge in [0, 0.05) is 36.5 Å². The lowest BCUT2D eigenvalue weighted by Gasteiger charge is -2.14. The van der Waals surface area contributed by atoms with Gasteiger partial charge >= 0.3 is 0 Å². The molecule has 0 saturated carbocycles. The standard InChI is InChI=1S/C14H18FN3O/c1-9(13-8-17-18(3)10(13)2)16-7-11-6-12(15)4-5-14(11)19/h4-6,8-9,16,19H,7H2,1-3H3. The van der Waals surface area contributed by atoms with Gasteiger partial charge in [-0.05, 0) is 32.0 Å². The van der Waals surface area contributed by atoms with Crippen molar-refractivity contribution in [2.45, 2.75) is 26.4 Å². The Hall–Kier alpha value is -1.88. The van der Waals surface area contributed by atoms with Crippen molar-refractivity contribution in [3.8, 4) is 5.75 Å². The third-order valence-electron chi connectivity index (χ3n) is 3.38. The number of hydrogen-bond donors (Lipinski definition) is 2. The van der Waals surface area contributed by atoms with Crippen molar-refractivity contribution in [2.75, 3.05) is 0 Å². The molecule has 1 aromatic heterocycles. The molecular formula is C14H18FN3O. The second-order valence-corrected chi connectivity index (χ2v) is 4.68. The molecule has 0 saturated heterocycles. The molecule has 0 aliphatic carbocycles. The number of rotatable bonds is 4. The number of phenols is 1. The van der Waals surface area contributed by atoms with Gasteiger partial charge in [-0.2, -0.15) is 5.10 Å². The summed E-state index contributed by atoms with van der Waals surface area (Å²) in [6.45, 7) is 4.42. The van der Waals surface area contributed by atoms with E-state index in [-0.39, 0.29) is 17.6 Å². The summed E-state index contributed by atoms with van der Waals surface area (Å²) in [4.78, 5) is 0. The topological polar surface area (TPSA) is 50.1 Å². The van der Waals surface area contributed by atoms with Gasteiger partial charge in [-0.15, -0.1) is 0 Å². The van der Waals surface area contributed by atoms with Crippen molar-refractivity contribution in [2.24, 2.45) is 7.05 Å². The van der Waals surface area contributed by atoms with Crippen LogP contribution in [0.5, 0.6) is 5.75 Å². The third kappa shape index (κ3) is 2.93. The van der Waals surface area contributed by atoms with E-state index in [0.29, 0.717) is 12.1 Å². The van der Waals surface area contributed by atoms with Crippen molar-refractivity contribution < 1.29 is 9.50 Å². The van der Waals surface area contributed by atoms with E-state index in [1.807, 2.05) is 31.8 Å². The Morgan fingerprint density at radius 3 is 2.84 bits per heavy atom. The van der Waals surface area contributed by atoms with Crippen LogP contribution in [0.1, 0.15) is 29.8 Å². The Morgan fingerprint density at radius 1 is 1.47 bits per heavy atom. The van der Waals surface area contributed by atoms with Crippen LogP contribution in [0.25, 0.3) is 0 Å². The zero-order valence-corrected chi connectivity index (χ0v) is 11.3. The number of hydrogen-bond acceptors (Lipinski definition) is 3. The maximum Gasteiger partial charge on any atom is 0.123 e. The van der Waals surface area contributed by atoms with Gasteiger partial charge in [0.1, 0.15) is 11.6 Å². The lowest BCUT2D eigenvalue weighted by molar-refractivity contribution is 0.457. The van der Waals surface area contributed by atoms with Crippen LogP contribution in [0.3, 0.4) is 0 Å². The first-order valence-corrected chi connectivity index (χ1v) is 6.18. The Morgan fingerprint density at radius 2 is 2.21 bits per heavy atom. The van der Waals surface area contributed by atoms with E-state index in [1.54, 1.807) is 0 Å². The van der Waals surface area contributed by atoms with Gasteiger partial charge in [0.25, 0.3) is 0 Å². The molecule has 0 aliphatic rings. The lowest BCUT2D eigenvalue weighted by atomic mass is 10.1. The molecule has 0 bridgehead atoms. The first kappa shape index (κ1) is 13.5. The number of nitrogens with one attached hydrogen (secondary N) is 1. The average Bonchev–Trinajstić information content (AvgIpc) is 2.71. The smallest absolute Gasteiger partial charge is 0.123 e. The van der Waals surface area contributed by atoms with E-state index < -0.39 is 0 Å². The van der Waals surface area contributed by atoms with Gasteiger partial charge in [-0.1, -0.05) is 0 Å². The Labute approximate surface area is 111 Å². The molecular weight excluding hydrogens is 245 g/mol. The molecule has 0 fully saturated rings. The molecule has 1 unspecified atom stereocenters. The SMILES string of the molecule is Cc1c(C(C)NCc2cc(F)ccc2O)cnn1C. The first-order chi connectivity index (χ1) is 8.99. The molecule has 1 heterocycles. The fraction of sp³-hybridized carbons (Fsp3) is 0.357. The predicted octanol–water partition coefficient (Wildman–Crippen LogP) is 2.42. The van der Waals surface area contributed by atoms with Crippen LogP contribution in [0, 0.1) is 12.7 Å². The highest BCUT2D eigenvalue weighted by Gasteiger charge is 2.12. The average molecular weight is 263 g/mol. The summed E-state index contributed by atoms with van der Waals surface area (Å²) in [5.74, 6) is -0.246. The molecule has 1 atom stereocenters. The molecule has 1 aromatic carbocycles. The molecule has 0 spiro atoms. The quantitative estimate of drug-likeness (QED) is 0.890. The summed E-state index contributed by atoms with van der Waals surface area (Å²) in [6, 6.07) is 4.03. The highest BCUT2D eigenvalue weighted by molar-refractivity contribution is 5.32. The molecule has 4 nitrogen and oxygen atoms in total. The molecule has 0 amide bonds. The van der Waals surface area contributed by atoms with E-state index in [2.05, 4.69) is 10.4 Å². The van der Waals surface area contributed by atoms with Gasteiger partial charge < -0.3 is 10.4 Å². The molecule has 5 heteroatoms. The Balaban J connectivity index is 2.06. The number of aryl methyl sites for hydroxylation is 1. The summed E-state index contributed by atoms with van der Waals surface area (Å²) >= 11 is 0. The summed E-state index contributed by atoms with van der Waals surface area (Å²) in [5.41, 5.74) is 2.73. The van der Waals surface area contributed by atoms with Gasteiger partial charge in [0.05, 0.1) is 6.20 Å². The van der Waals surface area contributed by atoms with E-state index >= 15 is 0 Å². The van der Waals surface area contributed by atoms with Crippen LogP contribution < -0.4 is 5.32 Å². The van der Waals surface area contributed by atoms with Crippen molar-refractivity contribution >= 4 is 0 Å². The van der Waals surface area contributed by atoms with Crippen molar-refractivity contribution in [3.05, 3.63) is 47.0 Å². The van der Waals surface area contributed by atoms with Gasteiger partial charge in [-0.3, -0.25) is 4.68 Å². The number of halogens is 1. The Bertz CT molecular complexity index is 580. The van der Waals surface area contributed by atoms with Crippen molar-refractivity contribution in [3.63, 3.8) is 0 Å². The monoisotopic (exact) mass is 263 g/mol.